The van der Waals surface area contributed by atoms with Crippen molar-refractivity contribution in [1.29, 1.82) is 0 Å². The fourth-order valence-electron chi connectivity index (χ4n) is 3.54. The standard InChI is InChI=1S/C14H27NO/c1-3-12(11(2)15)10-13-6-9-14(16-13)7-4-5-8-14/h11-13H,3-10,15H2,1-2H3. The van der Waals surface area contributed by atoms with E-state index >= 15 is 0 Å². The lowest BCUT2D eigenvalue weighted by Gasteiger charge is -2.26. The van der Waals surface area contributed by atoms with E-state index in [1.54, 1.807) is 0 Å². The average Bonchev–Trinajstić information content (AvgIpc) is 2.86. The van der Waals surface area contributed by atoms with Gasteiger partial charge >= 0.3 is 0 Å². The summed E-state index contributed by atoms with van der Waals surface area (Å²) < 4.78 is 6.34. The third kappa shape index (κ3) is 2.60. The molecule has 1 aliphatic heterocycles. The molecule has 2 N–H and O–H groups in total. The average molecular weight is 225 g/mol. The molecule has 94 valence electrons. The van der Waals surface area contributed by atoms with Gasteiger partial charge in [0.05, 0.1) is 11.7 Å². The predicted molar refractivity (Wildman–Crippen MR) is 67.4 cm³/mol. The van der Waals surface area contributed by atoms with Crippen molar-refractivity contribution in [3.8, 4) is 0 Å². The van der Waals surface area contributed by atoms with Gasteiger partial charge in [0.25, 0.3) is 0 Å². The highest BCUT2D eigenvalue weighted by Crippen LogP contribution is 2.44. The molecule has 0 radical (unpaired) electrons. The van der Waals surface area contributed by atoms with Crippen LogP contribution in [0.3, 0.4) is 0 Å². The quantitative estimate of drug-likeness (QED) is 0.797. The van der Waals surface area contributed by atoms with Crippen LogP contribution in [-0.4, -0.2) is 17.7 Å². The Bertz CT molecular complexity index is 221. The molecule has 0 bridgehead atoms. The van der Waals surface area contributed by atoms with Gasteiger partial charge in [-0.3, -0.25) is 0 Å². The SMILES string of the molecule is CCC(CC1CCC2(CCCC2)O1)C(C)N. The number of hydrogen-bond acceptors (Lipinski definition) is 2. The second kappa shape index (κ2) is 5.05. The number of hydrogen-bond donors (Lipinski definition) is 1. The minimum absolute atomic E-state index is 0.292. The molecule has 1 heterocycles. The third-order valence-electron chi connectivity index (χ3n) is 4.69. The molecule has 0 amide bonds. The summed E-state index contributed by atoms with van der Waals surface area (Å²) in [6, 6.07) is 0.314. The summed E-state index contributed by atoms with van der Waals surface area (Å²) in [5.74, 6) is 0.640. The van der Waals surface area contributed by atoms with E-state index in [-0.39, 0.29) is 0 Å². The van der Waals surface area contributed by atoms with Crippen molar-refractivity contribution < 1.29 is 4.74 Å². The van der Waals surface area contributed by atoms with Gasteiger partial charge in [-0.2, -0.15) is 0 Å². The fraction of sp³-hybridized carbons (Fsp3) is 1.00. The highest BCUT2D eigenvalue weighted by molar-refractivity contribution is 4.93. The molecule has 2 aliphatic rings. The van der Waals surface area contributed by atoms with E-state index in [2.05, 4.69) is 13.8 Å². The molecule has 3 atom stereocenters. The molecular weight excluding hydrogens is 198 g/mol. The van der Waals surface area contributed by atoms with E-state index in [4.69, 9.17) is 10.5 Å². The summed E-state index contributed by atoms with van der Waals surface area (Å²) in [5, 5.41) is 0. The molecule has 0 aromatic heterocycles. The molecule has 1 saturated carbocycles. The van der Waals surface area contributed by atoms with Crippen molar-refractivity contribution in [2.75, 3.05) is 0 Å². The van der Waals surface area contributed by atoms with Crippen LogP contribution < -0.4 is 5.73 Å². The van der Waals surface area contributed by atoms with E-state index in [0.29, 0.717) is 23.7 Å². The first-order chi connectivity index (χ1) is 7.65. The van der Waals surface area contributed by atoms with Crippen LogP contribution in [-0.2, 0) is 4.74 Å². The van der Waals surface area contributed by atoms with Crippen LogP contribution in [0.15, 0.2) is 0 Å². The smallest absolute Gasteiger partial charge is 0.0687 e. The zero-order valence-corrected chi connectivity index (χ0v) is 10.9. The maximum Gasteiger partial charge on any atom is 0.0687 e. The number of rotatable bonds is 4. The van der Waals surface area contributed by atoms with Crippen molar-refractivity contribution in [2.45, 2.75) is 83.0 Å². The Hall–Kier alpha value is -0.0800. The Balaban J connectivity index is 1.84. The first kappa shape index (κ1) is 12.4. The van der Waals surface area contributed by atoms with Gasteiger partial charge in [-0.05, 0) is 44.9 Å². The van der Waals surface area contributed by atoms with Gasteiger partial charge < -0.3 is 10.5 Å². The van der Waals surface area contributed by atoms with E-state index in [1.807, 2.05) is 0 Å². The van der Waals surface area contributed by atoms with Crippen LogP contribution in [0, 0.1) is 5.92 Å². The Labute approximate surface area is 99.9 Å². The largest absolute Gasteiger partial charge is 0.372 e. The van der Waals surface area contributed by atoms with Crippen molar-refractivity contribution in [3.63, 3.8) is 0 Å². The first-order valence-corrected chi connectivity index (χ1v) is 7.08. The Kier molecular flexibility index (Phi) is 3.91. The molecule has 0 aromatic rings. The Morgan fingerprint density at radius 2 is 2.00 bits per heavy atom. The highest BCUT2D eigenvalue weighted by atomic mass is 16.5. The van der Waals surface area contributed by atoms with E-state index in [0.717, 1.165) is 0 Å². The van der Waals surface area contributed by atoms with Gasteiger partial charge in [0.15, 0.2) is 0 Å². The first-order valence-electron chi connectivity index (χ1n) is 7.08. The number of ether oxygens (including phenoxy) is 1. The van der Waals surface area contributed by atoms with Gasteiger partial charge in [0, 0.05) is 6.04 Å². The minimum atomic E-state index is 0.292. The van der Waals surface area contributed by atoms with Crippen LogP contribution in [0.5, 0.6) is 0 Å². The van der Waals surface area contributed by atoms with Crippen molar-refractivity contribution in [3.05, 3.63) is 0 Å². The summed E-state index contributed by atoms with van der Waals surface area (Å²) in [6.45, 7) is 4.38. The second-order valence-electron chi connectivity index (χ2n) is 5.93. The van der Waals surface area contributed by atoms with E-state index < -0.39 is 0 Å². The van der Waals surface area contributed by atoms with Gasteiger partial charge in [0.2, 0.25) is 0 Å². The van der Waals surface area contributed by atoms with Crippen molar-refractivity contribution in [1.82, 2.24) is 0 Å². The van der Waals surface area contributed by atoms with Crippen molar-refractivity contribution >= 4 is 0 Å². The summed E-state index contributed by atoms with van der Waals surface area (Å²) in [4.78, 5) is 0. The van der Waals surface area contributed by atoms with Crippen molar-refractivity contribution in [2.24, 2.45) is 11.7 Å². The molecule has 2 rings (SSSR count). The predicted octanol–water partition coefficient (Wildman–Crippen LogP) is 3.24. The fourth-order valence-corrected chi connectivity index (χ4v) is 3.54. The van der Waals surface area contributed by atoms with E-state index in [9.17, 15) is 0 Å². The lowest BCUT2D eigenvalue weighted by Crippen LogP contribution is -2.31. The summed E-state index contributed by atoms with van der Waals surface area (Å²) in [7, 11) is 0. The normalized spacial score (nSPS) is 32.1. The third-order valence-corrected chi connectivity index (χ3v) is 4.69. The molecule has 1 aliphatic carbocycles. The molecule has 0 aromatic carbocycles. The molecule has 16 heavy (non-hydrogen) atoms. The summed E-state index contributed by atoms with van der Waals surface area (Å²) in [5.41, 5.74) is 6.31. The monoisotopic (exact) mass is 225 g/mol. The molecule has 3 unspecified atom stereocenters. The molecule has 2 nitrogen and oxygen atoms in total. The maximum absolute atomic E-state index is 6.34. The maximum atomic E-state index is 6.34. The van der Waals surface area contributed by atoms with Crippen LogP contribution in [0.25, 0.3) is 0 Å². The lowest BCUT2D eigenvalue weighted by atomic mass is 9.91. The van der Waals surface area contributed by atoms with Gasteiger partial charge in [-0.15, -0.1) is 0 Å². The lowest BCUT2D eigenvalue weighted by molar-refractivity contribution is -0.0452. The van der Waals surface area contributed by atoms with Crippen LogP contribution in [0.1, 0.15) is 65.2 Å². The van der Waals surface area contributed by atoms with Crippen LogP contribution >= 0.6 is 0 Å². The van der Waals surface area contributed by atoms with E-state index in [1.165, 1.54) is 51.4 Å². The molecule has 1 spiro atoms. The molecule has 2 heteroatoms. The molecule has 1 saturated heterocycles. The Morgan fingerprint density at radius 1 is 1.31 bits per heavy atom. The van der Waals surface area contributed by atoms with Crippen LogP contribution in [0.2, 0.25) is 0 Å². The second-order valence-corrected chi connectivity index (χ2v) is 5.93. The Morgan fingerprint density at radius 3 is 2.56 bits per heavy atom. The summed E-state index contributed by atoms with van der Waals surface area (Å²) >= 11 is 0. The number of nitrogens with two attached hydrogens (primary N) is 1. The highest BCUT2D eigenvalue weighted by Gasteiger charge is 2.42. The van der Waals surface area contributed by atoms with Gasteiger partial charge in [-0.1, -0.05) is 26.2 Å². The topological polar surface area (TPSA) is 35.2 Å². The summed E-state index contributed by atoms with van der Waals surface area (Å²) in [6.07, 6.45) is 10.8. The van der Waals surface area contributed by atoms with Crippen LogP contribution in [0.4, 0.5) is 0 Å². The van der Waals surface area contributed by atoms with Gasteiger partial charge in [-0.25, -0.2) is 0 Å². The zero-order valence-electron chi connectivity index (χ0n) is 10.9. The minimum Gasteiger partial charge on any atom is -0.372 e. The zero-order chi connectivity index (χ0) is 11.6. The molecule has 2 fully saturated rings. The van der Waals surface area contributed by atoms with Gasteiger partial charge in [0.1, 0.15) is 0 Å². The molecular formula is C14H27NO.